The van der Waals surface area contributed by atoms with Crippen LogP contribution in [0, 0.1) is 24.3 Å². The summed E-state index contributed by atoms with van der Waals surface area (Å²) in [5, 5.41) is 11.8. The smallest absolute Gasteiger partial charge is 0.241 e. The van der Waals surface area contributed by atoms with Gasteiger partial charge >= 0.3 is 0 Å². The predicted molar refractivity (Wildman–Crippen MR) is 97.7 cm³/mol. The SMILES string of the molecule is Cc1ccc(NC(=O)C2CCCC2)cc1S(=O)(=O)N[C@@H]1CCN(C#N)C1. The molecule has 1 aromatic rings. The first kappa shape index (κ1) is 18.7. The van der Waals surface area contributed by atoms with E-state index in [4.69, 9.17) is 5.26 Å². The zero-order chi connectivity index (χ0) is 18.7. The molecule has 2 fully saturated rings. The summed E-state index contributed by atoms with van der Waals surface area (Å²) >= 11 is 0. The molecule has 2 aliphatic rings. The Morgan fingerprint density at radius 1 is 1.27 bits per heavy atom. The highest BCUT2D eigenvalue weighted by molar-refractivity contribution is 7.89. The standard InChI is InChI=1S/C18H24N4O3S/c1-13-6-7-15(20-18(23)14-4-2-3-5-14)10-17(13)26(24,25)21-16-8-9-22(11-16)12-19/h6-7,10,14,16,21H,2-5,8-9,11H2,1H3,(H,20,23)/t16-/m1/s1. The van der Waals surface area contributed by atoms with Gasteiger partial charge in [0.15, 0.2) is 6.19 Å². The largest absolute Gasteiger partial charge is 0.326 e. The van der Waals surface area contributed by atoms with Crippen LogP contribution in [0.4, 0.5) is 5.69 Å². The van der Waals surface area contributed by atoms with E-state index in [9.17, 15) is 13.2 Å². The van der Waals surface area contributed by atoms with Gasteiger partial charge in [-0.05, 0) is 43.9 Å². The highest BCUT2D eigenvalue weighted by Gasteiger charge is 2.28. The average molecular weight is 376 g/mol. The van der Waals surface area contributed by atoms with Crippen LogP contribution in [0.25, 0.3) is 0 Å². The van der Waals surface area contributed by atoms with Crippen LogP contribution < -0.4 is 10.0 Å². The molecule has 1 heterocycles. The van der Waals surface area contributed by atoms with Crippen LogP contribution >= 0.6 is 0 Å². The number of hydrogen-bond donors (Lipinski definition) is 2. The lowest BCUT2D eigenvalue weighted by Crippen LogP contribution is -2.36. The van der Waals surface area contributed by atoms with Gasteiger partial charge in [-0.3, -0.25) is 4.79 Å². The van der Waals surface area contributed by atoms with Crippen molar-refractivity contribution in [2.45, 2.75) is 50.0 Å². The molecule has 1 saturated heterocycles. The molecular formula is C18H24N4O3S. The molecule has 1 aliphatic carbocycles. The van der Waals surface area contributed by atoms with E-state index in [1.54, 1.807) is 19.1 Å². The number of carbonyl (C=O) groups is 1. The second-order valence-electron chi connectivity index (χ2n) is 7.10. The lowest BCUT2D eigenvalue weighted by Gasteiger charge is -2.16. The molecule has 1 aromatic carbocycles. The Morgan fingerprint density at radius 3 is 2.65 bits per heavy atom. The average Bonchev–Trinajstić information content (AvgIpc) is 3.27. The maximum Gasteiger partial charge on any atom is 0.241 e. The van der Waals surface area contributed by atoms with Crippen LogP contribution in [0.15, 0.2) is 23.1 Å². The third kappa shape index (κ3) is 4.17. The first-order valence-corrected chi connectivity index (χ1v) is 10.5. The molecule has 0 spiro atoms. The van der Waals surface area contributed by atoms with E-state index in [1.807, 2.05) is 6.19 Å². The van der Waals surface area contributed by atoms with E-state index in [0.717, 1.165) is 25.7 Å². The first-order valence-electron chi connectivity index (χ1n) is 8.97. The van der Waals surface area contributed by atoms with E-state index in [2.05, 4.69) is 10.0 Å². The molecular weight excluding hydrogens is 352 g/mol. The molecule has 0 unspecified atom stereocenters. The highest BCUT2D eigenvalue weighted by atomic mass is 32.2. The summed E-state index contributed by atoms with van der Waals surface area (Å²) in [6.45, 7) is 2.67. The summed E-state index contributed by atoms with van der Waals surface area (Å²) < 4.78 is 28.2. The highest BCUT2D eigenvalue weighted by Crippen LogP contribution is 2.27. The summed E-state index contributed by atoms with van der Waals surface area (Å²) in [6, 6.07) is 4.67. The van der Waals surface area contributed by atoms with Crippen LogP contribution in [0.5, 0.6) is 0 Å². The summed E-state index contributed by atoms with van der Waals surface area (Å²) in [6.07, 6.45) is 6.55. The minimum Gasteiger partial charge on any atom is -0.326 e. The number of likely N-dealkylation sites (tertiary alicyclic amines) is 1. The molecule has 0 bridgehead atoms. The fourth-order valence-electron chi connectivity index (χ4n) is 3.63. The van der Waals surface area contributed by atoms with E-state index >= 15 is 0 Å². The second-order valence-corrected chi connectivity index (χ2v) is 8.79. The normalized spacial score (nSPS) is 20.9. The van der Waals surface area contributed by atoms with Crippen molar-refractivity contribution in [2.75, 3.05) is 18.4 Å². The molecule has 26 heavy (non-hydrogen) atoms. The Hall–Kier alpha value is -2.11. The van der Waals surface area contributed by atoms with Crippen molar-refractivity contribution >= 4 is 21.6 Å². The van der Waals surface area contributed by atoms with Crippen molar-refractivity contribution in [1.29, 1.82) is 5.26 Å². The fraction of sp³-hybridized carbons (Fsp3) is 0.556. The number of aryl methyl sites for hydroxylation is 1. The van der Waals surface area contributed by atoms with Crippen LogP contribution in [-0.2, 0) is 14.8 Å². The molecule has 1 saturated carbocycles. The maximum atomic E-state index is 12.8. The van der Waals surface area contributed by atoms with Gasteiger partial charge in [0.25, 0.3) is 0 Å². The lowest BCUT2D eigenvalue weighted by atomic mass is 10.1. The van der Waals surface area contributed by atoms with Crippen molar-refractivity contribution < 1.29 is 13.2 Å². The Morgan fingerprint density at radius 2 is 2.00 bits per heavy atom. The molecule has 2 N–H and O–H groups in total. The summed E-state index contributed by atoms with van der Waals surface area (Å²) in [4.78, 5) is 14.0. The quantitative estimate of drug-likeness (QED) is 0.765. The number of benzene rings is 1. The van der Waals surface area contributed by atoms with Crippen molar-refractivity contribution in [2.24, 2.45) is 5.92 Å². The zero-order valence-corrected chi connectivity index (χ0v) is 15.7. The number of hydrogen-bond acceptors (Lipinski definition) is 5. The minimum absolute atomic E-state index is 0.0185. The Balaban J connectivity index is 1.74. The molecule has 140 valence electrons. The summed E-state index contributed by atoms with van der Waals surface area (Å²) in [5.41, 5.74) is 1.12. The number of nitrogens with zero attached hydrogens (tertiary/aromatic N) is 2. The van der Waals surface area contributed by atoms with Crippen LogP contribution in [0.3, 0.4) is 0 Å². The van der Waals surface area contributed by atoms with Gasteiger partial charge in [0.05, 0.1) is 4.90 Å². The van der Waals surface area contributed by atoms with Gasteiger partial charge in [0.1, 0.15) is 0 Å². The van der Waals surface area contributed by atoms with Crippen molar-refractivity contribution in [3.63, 3.8) is 0 Å². The number of sulfonamides is 1. The van der Waals surface area contributed by atoms with E-state index in [-0.39, 0.29) is 22.8 Å². The van der Waals surface area contributed by atoms with Crippen LogP contribution in [0.1, 0.15) is 37.7 Å². The number of rotatable bonds is 5. The van der Waals surface area contributed by atoms with Gasteiger partial charge in [0.2, 0.25) is 15.9 Å². The van der Waals surface area contributed by atoms with E-state index in [1.165, 1.54) is 11.0 Å². The summed E-state index contributed by atoms with van der Waals surface area (Å²) in [5.74, 6) is -0.0203. The predicted octanol–water partition coefficient (Wildman–Crippen LogP) is 1.96. The third-order valence-electron chi connectivity index (χ3n) is 5.12. The molecule has 7 nitrogen and oxygen atoms in total. The maximum absolute atomic E-state index is 12.8. The van der Waals surface area contributed by atoms with Gasteiger partial charge in [-0.15, -0.1) is 0 Å². The van der Waals surface area contributed by atoms with Crippen molar-refractivity contribution in [1.82, 2.24) is 9.62 Å². The number of amides is 1. The molecule has 8 heteroatoms. The molecule has 1 atom stereocenters. The molecule has 1 amide bonds. The van der Waals surface area contributed by atoms with Gasteiger partial charge in [-0.1, -0.05) is 18.9 Å². The minimum atomic E-state index is -3.72. The molecule has 0 radical (unpaired) electrons. The summed E-state index contributed by atoms with van der Waals surface area (Å²) in [7, 11) is -3.72. The fourth-order valence-corrected chi connectivity index (χ4v) is 5.16. The Kier molecular flexibility index (Phi) is 5.49. The first-order chi connectivity index (χ1) is 12.4. The lowest BCUT2D eigenvalue weighted by molar-refractivity contribution is -0.119. The van der Waals surface area contributed by atoms with Gasteiger partial charge in [0, 0.05) is 30.7 Å². The topological polar surface area (TPSA) is 102 Å². The Bertz CT molecular complexity index is 825. The molecule has 1 aliphatic heterocycles. The molecule has 0 aromatic heterocycles. The van der Waals surface area contributed by atoms with Gasteiger partial charge in [-0.2, -0.15) is 5.26 Å². The second kappa shape index (κ2) is 7.64. The van der Waals surface area contributed by atoms with Crippen molar-refractivity contribution in [3.8, 4) is 6.19 Å². The zero-order valence-electron chi connectivity index (χ0n) is 14.9. The molecule has 3 rings (SSSR count). The third-order valence-corrected chi connectivity index (χ3v) is 6.79. The van der Waals surface area contributed by atoms with E-state index in [0.29, 0.717) is 30.8 Å². The number of anilines is 1. The van der Waals surface area contributed by atoms with Gasteiger partial charge < -0.3 is 10.2 Å². The number of nitriles is 1. The van der Waals surface area contributed by atoms with Gasteiger partial charge in [-0.25, -0.2) is 13.1 Å². The van der Waals surface area contributed by atoms with E-state index < -0.39 is 10.0 Å². The Labute approximate surface area is 154 Å². The number of nitrogens with one attached hydrogen (secondary N) is 2. The van der Waals surface area contributed by atoms with Crippen LogP contribution in [0.2, 0.25) is 0 Å². The monoisotopic (exact) mass is 376 g/mol. The number of carbonyl (C=O) groups excluding carboxylic acids is 1. The van der Waals surface area contributed by atoms with Crippen molar-refractivity contribution in [3.05, 3.63) is 23.8 Å². The van der Waals surface area contributed by atoms with Crippen LogP contribution in [-0.4, -0.2) is 38.4 Å².